The topological polar surface area (TPSA) is 113 Å². The molecule has 1 aliphatic rings. The Kier molecular flexibility index (Phi) is 6.43. The van der Waals surface area contributed by atoms with Gasteiger partial charge in [0.15, 0.2) is 0 Å². The molecule has 2 aromatic carbocycles. The highest BCUT2D eigenvalue weighted by Gasteiger charge is 2.31. The number of amides is 4. The van der Waals surface area contributed by atoms with E-state index >= 15 is 0 Å². The number of hydrogen-bond acceptors (Lipinski definition) is 5. The SMILES string of the molecule is CC(C)(C)c1cc(NC(=O)Nc2cccc3ccccc23)n(CC(=O)N2CC[SH4]C(=O)C2=O)n1. The number of hydrogen-bond donors (Lipinski definition) is 2. The van der Waals surface area contributed by atoms with E-state index in [1.165, 1.54) is 4.68 Å². The zero-order valence-corrected chi connectivity index (χ0v) is 20.8. The second-order valence-electron chi connectivity index (χ2n) is 9.31. The van der Waals surface area contributed by atoms with Crippen LogP contribution in [0.5, 0.6) is 0 Å². The van der Waals surface area contributed by atoms with Gasteiger partial charge < -0.3 is 5.32 Å². The summed E-state index contributed by atoms with van der Waals surface area (Å²) in [4.78, 5) is 50.7. The Hall–Kier alpha value is -3.66. The van der Waals surface area contributed by atoms with Crippen molar-refractivity contribution in [1.29, 1.82) is 0 Å². The van der Waals surface area contributed by atoms with Crippen molar-refractivity contribution in [3.63, 3.8) is 0 Å². The lowest BCUT2D eigenvalue weighted by atomic mass is 9.92. The number of carbonyl (C=O) groups excluding carboxylic acids is 4. The Morgan fingerprint density at radius 1 is 1.06 bits per heavy atom. The summed E-state index contributed by atoms with van der Waals surface area (Å²) in [5.41, 5.74) is 0.990. The number of benzene rings is 2. The van der Waals surface area contributed by atoms with Crippen LogP contribution >= 0.6 is 11.8 Å². The first-order valence-corrected chi connectivity index (χ1v) is 12.9. The molecule has 1 saturated heterocycles. The van der Waals surface area contributed by atoms with Gasteiger partial charge in [0.1, 0.15) is 12.4 Å². The average molecular weight is 484 g/mol. The van der Waals surface area contributed by atoms with Gasteiger partial charge >= 0.3 is 11.9 Å². The highest BCUT2D eigenvalue weighted by molar-refractivity contribution is 8.15. The third-order valence-electron chi connectivity index (χ3n) is 5.68. The maximum atomic E-state index is 12.9. The van der Waals surface area contributed by atoms with Gasteiger partial charge in [0.05, 0.1) is 11.4 Å². The van der Waals surface area contributed by atoms with Crippen LogP contribution in [0.4, 0.5) is 16.3 Å². The summed E-state index contributed by atoms with van der Waals surface area (Å²) < 4.78 is 1.37. The number of anilines is 2. The third-order valence-corrected chi connectivity index (χ3v) is 7.11. The normalized spacial score (nSPS) is 14.6. The summed E-state index contributed by atoms with van der Waals surface area (Å²) in [6.07, 6.45) is 0. The molecule has 1 aliphatic heterocycles. The molecule has 0 spiro atoms. The predicted molar refractivity (Wildman–Crippen MR) is 137 cm³/mol. The van der Waals surface area contributed by atoms with Crippen molar-refractivity contribution >= 4 is 57.0 Å². The monoisotopic (exact) mass is 483 g/mol. The maximum Gasteiger partial charge on any atom is 0.324 e. The van der Waals surface area contributed by atoms with Crippen LogP contribution in [0.25, 0.3) is 10.8 Å². The number of imide groups is 1. The summed E-state index contributed by atoms with van der Waals surface area (Å²) >= 11 is -1.10. The minimum atomic E-state index is -1.10. The van der Waals surface area contributed by atoms with Crippen LogP contribution in [-0.4, -0.2) is 49.9 Å². The molecule has 0 atom stereocenters. The lowest BCUT2D eigenvalue weighted by Gasteiger charge is -2.25. The minimum Gasteiger partial charge on any atom is -0.307 e. The van der Waals surface area contributed by atoms with Gasteiger partial charge in [-0.05, 0) is 17.2 Å². The zero-order valence-electron chi connectivity index (χ0n) is 19.4. The fourth-order valence-electron chi connectivity index (χ4n) is 3.82. The molecule has 10 heteroatoms. The summed E-state index contributed by atoms with van der Waals surface area (Å²) in [7, 11) is 0. The summed E-state index contributed by atoms with van der Waals surface area (Å²) in [6.45, 7) is 5.91. The predicted octanol–water partition coefficient (Wildman–Crippen LogP) is 2.54. The molecule has 2 N–H and O–H groups in total. The standard InChI is InChI=1S/C24H29N5O4S/c1-24(2,3)18-13-19(29(27-18)14-20(30)28-11-12-34-22(32)21(28)31)26-23(33)25-17-10-6-8-15-7-4-5-9-16(15)17/h4-10,13H,11-12,14H2,1-3H3,34H4,(H2,25,26,33). The van der Waals surface area contributed by atoms with Crippen molar-refractivity contribution in [1.82, 2.24) is 14.7 Å². The number of fused-ring (bicyclic) bond motifs is 1. The van der Waals surface area contributed by atoms with Gasteiger partial charge in [-0.3, -0.25) is 24.6 Å². The van der Waals surface area contributed by atoms with Crippen LogP contribution in [0.3, 0.4) is 0 Å². The van der Waals surface area contributed by atoms with Crippen molar-refractivity contribution in [2.75, 3.05) is 22.9 Å². The Morgan fingerprint density at radius 2 is 1.79 bits per heavy atom. The Balaban J connectivity index is 1.56. The summed E-state index contributed by atoms with van der Waals surface area (Å²) in [5, 5.41) is 11.6. The Morgan fingerprint density at radius 3 is 2.56 bits per heavy atom. The molecule has 0 aliphatic carbocycles. The molecular weight excluding hydrogens is 454 g/mol. The average Bonchev–Trinajstić information content (AvgIpc) is 3.18. The molecule has 0 radical (unpaired) electrons. The lowest BCUT2D eigenvalue weighted by Crippen LogP contribution is -2.46. The van der Waals surface area contributed by atoms with E-state index in [0.717, 1.165) is 15.7 Å². The van der Waals surface area contributed by atoms with Crippen LogP contribution in [0.2, 0.25) is 0 Å². The first-order valence-electron chi connectivity index (χ1n) is 11.1. The van der Waals surface area contributed by atoms with Gasteiger partial charge in [0.2, 0.25) is 5.12 Å². The maximum absolute atomic E-state index is 12.9. The van der Waals surface area contributed by atoms with E-state index in [-0.39, 0.29) is 18.5 Å². The van der Waals surface area contributed by atoms with E-state index in [4.69, 9.17) is 0 Å². The van der Waals surface area contributed by atoms with Crippen LogP contribution in [0.1, 0.15) is 26.5 Å². The number of carbonyl (C=O) groups is 4. The molecule has 0 saturated carbocycles. The Labute approximate surface area is 200 Å². The molecule has 0 bridgehead atoms. The smallest absolute Gasteiger partial charge is 0.307 e. The molecule has 34 heavy (non-hydrogen) atoms. The molecule has 2 heterocycles. The van der Waals surface area contributed by atoms with Crippen molar-refractivity contribution < 1.29 is 19.2 Å². The van der Waals surface area contributed by atoms with Gasteiger partial charge in [-0.1, -0.05) is 57.2 Å². The molecule has 4 rings (SSSR count). The molecular formula is C24H29N5O4S. The number of nitrogens with one attached hydrogen (secondary N) is 2. The summed E-state index contributed by atoms with van der Waals surface area (Å²) in [6, 6.07) is 14.6. The van der Waals surface area contributed by atoms with Gasteiger partial charge in [0.25, 0.3) is 5.91 Å². The number of aromatic nitrogens is 2. The van der Waals surface area contributed by atoms with Crippen molar-refractivity contribution in [3.05, 3.63) is 54.2 Å². The minimum absolute atomic E-state index is 0.257. The van der Waals surface area contributed by atoms with Crippen LogP contribution in [-0.2, 0) is 26.3 Å². The third kappa shape index (κ3) is 4.96. The van der Waals surface area contributed by atoms with Gasteiger partial charge in [-0.2, -0.15) is 5.10 Å². The Bertz CT molecular complexity index is 1290. The van der Waals surface area contributed by atoms with Crippen molar-refractivity contribution in [2.24, 2.45) is 0 Å². The summed E-state index contributed by atoms with van der Waals surface area (Å²) in [5.74, 6) is -0.343. The lowest BCUT2D eigenvalue weighted by molar-refractivity contribution is -0.149. The van der Waals surface area contributed by atoms with E-state index in [1.54, 1.807) is 6.07 Å². The molecule has 1 aromatic heterocycles. The molecule has 1 fully saturated rings. The number of urea groups is 1. The van der Waals surface area contributed by atoms with Gasteiger partial charge in [-0.25, -0.2) is 21.2 Å². The first kappa shape index (κ1) is 23.5. The molecule has 4 amide bonds. The van der Waals surface area contributed by atoms with E-state index in [9.17, 15) is 19.2 Å². The van der Waals surface area contributed by atoms with E-state index < -0.39 is 34.7 Å². The second kappa shape index (κ2) is 9.30. The largest absolute Gasteiger partial charge is 0.324 e. The number of rotatable bonds is 4. The van der Waals surface area contributed by atoms with Gasteiger partial charge in [0, 0.05) is 23.4 Å². The fraction of sp³-hybridized carbons (Fsp3) is 0.292. The zero-order chi connectivity index (χ0) is 24.5. The van der Waals surface area contributed by atoms with Crippen molar-refractivity contribution in [2.45, 2.75) is 32.7 Å². The highest BCUT2D eigenvalue weighted by atomic mass is 32.2. The molecule has 0 unspecified atom stereocenters. The first-order chi connectivity index (χ1) is 16.1. The van der Waals surface area contributed by atoms with Crippen LogP contribution < -0.4 is 10.6 Å². The van der Waals surface area contributed by atoms with Crippen molar-refractivity contribution in [3.8, 4) is 0 Å². The highest BCUT2D eigenvalue weighted by Crippen LogP contribution is 2.26. The van der Waals surface area contributed by atoms with E-state index in [1.807, 2.05) is 63.2 Å². The van der Waals surface area contributed by atoms with Crippen LogP contribution in [0.15, 0.2) is 48.5 Å². The van der Waals surface area contributed by atoms with E-state index in [0.29, 0.717) is 23.0 Å². The molecule has 180 valence electrons. The molecule has 9 nitrogen and oxygen atoms in total. The number of nitrogens with zero attached hydrogens (tertiary/aromatic N) is 3. The van der Waals surface area contributed by atoms with Gasteiger partial charge in [-0.15, -0.1) is 0 Å². The molecule has 3 aromatic rings. The fourth-order valence-corrected chi connectivity index (χ4v) is 5.02. The quantitative estimate of drug-likeness (QED) is 0.554. The van der Waals surface area contributed by atoms with E-state index in [2.05, 4.69) is 15.7 Å². The van der Waals surface area contributed by atoms with Crippen LogP contribution in [0, 0.1) is 0 Å². The second-order valence-corrected chi connectivity index (χ2v) is 11.2.